The van der Waals surface area contributed by atoms with E-state index in [4.69, 9.17) is 22.2 Å². The quantitative estimate of drug-likeness (QED) is 0.163. The van der Waals surface area contributed by atoms with E-state index in [-0.39, 0.29) is 0 Å². The number of thiocarbonyl (C=S) groups is 1. The minimum atomic E-state index is 0.330. The molecule has 7 rings (SSSR count). The third-order valence-electron chi connectivity index (χ3n) is 7.95. The molecule has 2 bridgehead atoms. The van der Waals surface area contributed by atoms with Crippen LogP contribution in [0.25, 0.3) is 43.9 Å². The summed E-state index contributed by atoms with van der Waals surface area (Å²) in [4.78, 5) is 21.8. The number of aromatic nitrogens is 4. The summed E-state index contributed by atoms with van der Waals surface area (Å²) in [6, 6.07) is 14.6. The highest BCUT2D eigenvalue weighted by Gasteiger charge is 2.50. The van der Waals surface area contributed by atoms with Crippen LogP contribution in [-0.2, 0) is 0 Å². The average Bonchev–Trinajstić information content (AvgIpc) is 3.11. The van der Waals surface area contributed by atoms with Gasteiger partial charge in [0.2, 0.25) is 0 Å². The summed E-state index contributed by atoms with van der Waals surface area (Å²) in [5.41, 5.74) is 6.50. The van der Waals surface area contributed by atoms with E-state index < -0.39 is 0 Å². The highest BCUT2D eigenvalue weighted by atomic mass is 32.1. The molecule has 0 spiro atoms. The summed E-state index contributed by atoms with van der Waals surface area (Å²) in [6.07, 6.45) is 7.26. The SMILES string of the molecule is CC1(C)C[C@H]2C[C@@](C)(CN2C(=S)Nc2ccc3nc4c5ncccc5c5cccnc5c4nc3c2)C1. The summed E-state index contributed by atoms with van der Waals surface area (Å²) >= 11 is 5.92. The minimum Gasteiger partial charge on any atom is -0.345 e. The monoisotopic (exact) mass is 492 g/mol. The normalized spacial score (nSPS) is 23.1. The van der Waals surface area contributed by atoms with E-state index in [2.05, 4.69) is 53.1 Å². The van der Waals surface area contributed by atoms with E-state index in [1.807, 2.05) is 30.3 Å². The Hall–Kier alpha value is -3.45. The number of benzene rings is 2. The van der Waals surface area contributed by atoms with Crippen molar-refractivity contribution in [2.24, 2.45) is 10.8 Å². The van der Waals surface area contributed by atoms with Gasteiger partial charge in [0.1, 0.15) is 11.0 Å². The molecule has 0 amide bonds. The fourth-order valence-electron chi connectivity index (χ4n) is 6.98. The Morgan fingerprint density at radius 1 is 0.889 bits per heavy atom. The van der Waals surface area contributed by atoms with Crippen molar-refractivity contribution in [2.75, 3.05) is 11.9 Å². The molecule has 5 aromatic rings. The lowest BCUT2D eigenvalue weighted by Gasteiger charge is -2.39. The molecule has 2 atom stereocenters. The minimum absolute atomic E-state index is 0.330. The van der Waals surface area contributed by atoms with Crippen LogP contribution >= 0.6 is 12.2 Å². The van der Waals surface area contributed by atoms with Gasteiger partial charge in [-0.15, -0.1) is 0 Å². The Morgan fingerprint density at radius 3 is 2.25 bits per heavy atom. The van der Waals surface area contributed by atoms with Gasteiger partial charge in [-0.25, -0.2) is 9.97 Å². The summed E-state index contributed by atoms with van der Waals surface area (Å²) in [7, 11) is 0. The van der Waals surface area contributed by atoms with Crippen LogP contribution in [0.15, 0.2) is 54.9 Å². The van der Waals surface area contributed by atoms with Crippen molar-refractivity contribution in [3.8, 4) is 0 Å². The fourth-order valence-corrected chi connectivity index (χ4v) is 7.31. The highest BCUT2D eigenvalue weighted by molar-refractivity contribution is 7.80. The molecule has 1 aliphatic heterocycles. The van der Waals surface area contributed by atoms with Crippen LogP contribution in [0.4, 0.5) is 5.69 Å². The number of pyridine rings is 2. The second-order valence-electron chi connectivity index (χ2n) is 11.7. The standard InChI is InChI=1S/C29H28N6S/c1-28(2)13-18-14-29(3,15-28)16-35(18)27(36)32-17-8-9-21-22(12-17)34-26-24-20(7-5-11-31-24)19-6-4-10-30-23(19)25(26)33-21/h4-12,18H,13-16H2,1-3H3,(H,32,36)/t18-,29+/m0/s1. The maximum absolute atomic E-state index is 5.92. The lowest BCUT2D eigenvalue weighted by molar-refractivity contribution is 0.132. The number of nitrogens with one attached hydrogen (secondary N) is 1. The molecule has 1 saturated heterocycles. The first-order valence-corrected chi connectivity index (χ1v) is 13.0. The number of likely N-dealkylation sites (tertiary alicyclic amines) is 1. The van der Waals surface area contributed by atoms with Crippen molar-refractivity contribution in [2.45, 2.75) is 46.1 Å². The topological polar surface area (TPSA) is 66.8 Å². The second-order valence-corrected chi connectivity index (χ2v) is 12.1. The Labute approximate surface area is 215 Å². The van der Waals surface area contributed by atoms with Crippen molar-refractivity contribution in [3.63, 3.8) is 0 Å². The molecule has 2 fully saturated rings. The van der Waals surface area contributed by atoms with Crippen molar-refractivity contribution in [3.05, 3.63) is 54.9 Å². The zero-order valence-electron chi connectivity index (χ0n) is 20.7. The van der Waals surface area contributed by atoms with Gasteiger partial charge in [-0.1, -0.05) is 32.9 Å². The molecule has 0 unspecified atom stereocenters. The van der Waals surface area contributed by atoms with Crippen LogP contribution in [0.1, 0.15) is 40.0 Å². The molecule has 6 nitrogen and oxygen atoms in total. The molecule has 36 heavy (non-hydrogen) atoms. The predicted octanol–water partition coefficient (Wildman–Crippen LogP) is 6.48. The molecule has 4 heterocycles. The largest absolute Gasteiger partial charge is 0.345 e. The first-order valence-electron chi connectivity index (χ1n) is 12.6. The smallest absolute Gasteiger partial charge is 0.173 e. The van der Waals surface area contributed by atoms with Gasteiger partial charge in [-0.3, -0.25) is 9.97 Å². The Kier molecular flexibility index (Phi) is 4.56. The summed E-state index contributed by atoms with van der Waals surface area (Å²) in [5.74, 6) is 0. The Bertz CT molecular complexity index is 1710. The zero-order valence-corrected chi connectivity index (χ0v) is 21.6. The molecule has 3 aromatic heterocycles. The third kappa shape index (κ3) is 3.40. The third-order valence-corrected chi connectivity index (χ3v) is 8.28. The number of fused-ring (bicyclic) bond motifs is 9. The van der Waals surface area contributed by atoms with Crippen LogP contribution in [0.3, 0.4) is 0 Å². The first-order chi connectivity index (χ1) is 17.3. The van der Waals surface area contributed by atoms with Crippen molar-refractivity contribution < 1.29 is 0 Å². The van der Waals surface area contributed by atoms with Crippen LogP contribution in [0, 0.1) is 10.8 Å². The maximum Gasteiger partial charge on any atom is 0.173 e. The number of anilines is 1. The first kappa shape index (κ1) is 21.8. The van der Waals surface area contributed by atoms with E-state index in [9.17, 15) is 0 Å². The van der Waals surface area contributed by atoms with Crippen molar-refractivity contribution >= 4 is 66.9 Å². The maximum atomic E-state index is 5.92. The van der Waals surface area contributed by atoms with E-state index in [1.165, 1.54) is 19.3 Å². The lowest BCUT2D eigenvalue weighted by Crippen LogP contribution is -2.39. The van der Waals surface area contributed by atoms with E-state index >= 15 is 0 Å². The number of nitrogens with zero attached hydrogens (tertiary/aromatic N) is 5. The summed E-state index contributed by atoms with van der Waals surface area (Å²) in [5, 5.41) is 6.39. The van der Waals surface area contributed by atoms with Gasteiger partial charge >= 0.3 is 0 Å². The van der Waals surface area contributed by atoms with E-state index in [0.29, 0.717) is 16.9 Å². The predicted molar refractivity (Wildman–Crippen MR) is 150 cm³/mol. The Balaban J connectivity index is 1.29. The summed E-state index contributed by atoms with van der Waals surface area (Å²) < 4.78 is 0. The lowest BCUT2D eigenvalue weighted by atomic mass is 9.65. The van der Waals surface area contributed by atoms with Crippen LogP contribution in [0.5, 0.6) is 0 Å². The number of rotatable bonds is 1. The molecule has 180 valence electrons. The van der Waals surface area contributed by atoms with Crippen LogP contribution < -0.4 is 5.32 Å². The average molecular weight is 493 g/mol. The van der Waals surface area contributed by atoms with Gasteiger partial charge in [0.15, 0.2) is 5.11 Å². The molecule has 2 aliphatic rings. The summed E-state index contributed by atoms with van der Waals surface area (Å²) in [6.45, 7) is 8.21. The number of hydrogen-bond donors (Lipinski definition) is 1. The molecule has 1 saturated carbocycles. The molecule has 7 heteroatoms. The second kappa shape index (κ2) is 7.53. The number of hydrogen-bond acceptors (Lipinski definition) is 5. The van der Waals surface area contributed by atoms with Gasteiger partial charge in [-0.2, -0.15) is 0 Å². The van der Waals surface area contributed by atoms with Crippen LogP contribution in [-0.4, -0.2) is 42.5 Å². The molecule has 1 N–H and O–H groups in total. The molecule has 0 radical (unpaired) electrons. The molecule has 2 aromatic carbocycles. The molecule has 1 aliphatic carbocycles. The fraction of sp³-hybridized carbons (Fsp3) is 0.345. The van der Waals surface area contributed by atoms with Gasteiger partial charge in [0.25, 0.3) is 0 Å². The van der Waals surface area contributed by atoms with Crippen LogP contribution in [0.2, 0.25) is 0 Å². The van der Waals surface area contributed by atoms with Crippen molar-refractivity contribution in [1.82, 2.24) is 24.8 Å². The highest BCUT2D eigenvalue weighted by Crippen LogP contribution is 2.52. The van der Waals surface area contributed by atoms with E-state index in [1.54, 1.807) is 12.4 Å². The van der Waals surface area contributed by atoms with Gasteiger partial charge in [-0.05, 0) is 72.6 Å². The van der Waals surface area contributed by atoms with E-state index in [0.717, 1.165) is 61.2 Å². The van der Waals surface area contributed by atoms with Crippen molar-refractivity contribution in [1.29, 1.82) is 0 Å². The van der Waals surface area contributed by atoms with Gasteiger partial charge in [0, 0.05) is 41.4 Å². The van der Waals surface area contributed by atoms with Gasteiger partial charge in [0.05, 0.1) is 22.1 Å². The zero-order chi connectivity index (χ0) is 24.7. The molecular formula is C29H28N6S. The molecular weight excluding hydrogens is 464 g/mol. The van der Waals surface area contributed by atoms with Gasteiger partial charge < -0.3 is 10.2 Å². The Morgan fingerprint density at radius 2 is 1.56 bits per heavy atom.